The van der Waals surface area contributed by atoms with Gasteiger partial charge >= 0.3 is 0 Å². The molecule has 2 amide bonds. The predicted molar refractivity (Wildman–Crippen MR) is 91.6 cm³/mol. The van der Waals surface area contributed by atoms with Crippen LogP contribution in [0.25, 0.3) is 0 Å². The van der Waals surface area contributed by atoms with Crippen molar-refractivity contribution >= 4 is 11.8 Å². The van der Waals surface area contributed by atoms with Crippen molar-refractivity contribution in [2.45, 2.75) is 37.0 Å². The second kappa shape index (κ2) is 5.43. The Hall–Kier alpha value is -2.14. The summed E-state index contributed by atoms with van der Waals surface area (Å²) in [5, 5.41) is 3.06. The molecule has 1 spiro atoms. The standard InChI is InChI=1S/C20H22N2O3/c23-18(21-14-6-7-14)16-15-8-10-20(25-15)12-22(19(24)17(16)20)11-9-13-4-2-1-3-5-13/h1-5,8,10,14-17H,6-7,9,11-12H2,(H,21,23)/t15-,16?,17+,20-/m0/s1. The highest BCUT2D eigenvalue weighted by molar-refractivity contribution is 5.93. The van der Waals surface area contributed by atoms with Crippen LogP contribution in [0.15, 0.2) is 42.5 Å². The number of carbonyl (C=O) groups is 2. The first-order valence-corrected chi connectivity index (χ1v) is 9.17. The van der Waals surface area contributed by atoms with Gasteiger partial charge in [0.15, 0.2) is 0 Å². The number of carbonyl (C=O) groups excluding carboxylic acids is 2. The van der Waals surface area contributed by atoms with E-state index in [9.17, 15) is 9.59 Å². The van der Waals surface area contributed by atoms with Crippen molar-refractivity contribution in [3.63, 3.8) is 0 Å². The second-order valence-electron chi connectivity index (χ2n) is 7.68. The van der Waals surface area contributed by atoms with Crippen molar-refractivity contribution in [2.24, 2.45) is 11.8 Å². The van der Waals surface area contributed by atoms with Gasteiger partial charge in [-0.05, 0) is 24.8 Å². The third kappa shape index (κ3) is 2.41. The number of benzene rings is 1. The highest BCUT2D eigenvalue weighted by Gasteiger charge is 2.66. The summed E-state index contributed by atoms with van der Waals surface area (Å²) in [4.78, 5) is 27.6. The van der Waals surface area contributed by atoms with E-state index in [4.69, 9.17) is 4.74 Å². The topological polar surface area (TPSA) is 58.6 Å². The molecule has 5 nitrogen and oxygen atoms in total. The van der Waals surface area contributed by atoms with E-state index < -0.39 is 5.60 Å². The monoisotopic (exact) mass is 338 g/mol. The molecular weight excluding hydrogens is 316 g/mol. The molecule has 3 heterocycles. The Morgan fingerprint density at radius 2 is 2.08 bits per heavy atom. The van der Waals surface area contributed by atoms with E-state index in [2.05, 4.69) is 17.4 Å². The first kappa shape index (κ1) is 15.1. The van der Waals surface area contributed by atoms with Crippen molar-refractivity contribution in [1.29, 1.82) is 0 Å². The van der Waals surface area contributed by atoms with Crippen LogP contribution >= 0.6 is 0 Å². The Morgan fingerprint density at radius 1 is 1.28 bits per heavy atom. The largest absolute Gasteiger partial charge is 0.360 e. The van der Waals surface area contributed by atoms with Gasteiger partial charge < -0.3 is 15.0 Å². The van der Waals surface area contributed by atoms with Crippen molar-refractivity contribution in [2.75, 3.05) is 13.1 Å². The molecule has 25 heavy (non-hydrogen) atoms. The summed E-state index contributed by atoms with van der Waals surface area (Å²) in [6, 6.07) is 10.5. The number of rotatable bonds is 5. The van der Waals surface area contributed by atoms with Crippen LogP contribution in [-0.2, 0) is 20.7 Å². The maximum absolute atomic E-state index is 13.0. The number of nitrogens with one attached hydrogen (secondary N) is 1. The van der Waals surface area contributed by atoms with Crippen molar-refractivity contribution in [1.82, 2.24) is 10.2 Å². The highest BCUT2D eigenvalue weighted by Crippen LogP contribution is 2.52. The van der Waals surface area contributed by atoms with Gasteiger partial charge in [-0.1, -0.05) is 42.5 Å². The van der Waals surface area contributed by atoms with Crippen LogP contribution in [0, 0.1) is 11.8 Å². The smallest absolute Gasteiger partial charge is 0.230 e. The lowest BCUT2D eigenvalue weighted by molar-refractivity contribution is -0.137. The molecule has 1 aliphatic carbocycles. The summed E-state index contributed by atoms with van der Waals surface area (Å²) in [6.07, 6.45) is 6.66. The summed E-state index contributed by atoms with van der Waals surface area (Å²) in [6.45, 7) is 1.23. The van der Waals surface area contributed by atoms with Crippen LogP contribution in [0.2, 0.25) is 0 Å². The zero-order valence-corrected chi connectivity index (χ0v) is 14.1. The van der Waals surface area contributed by atoms with Crippen molar-refractivity contribution < 1.29 is 14.3 Å². The van der Waals surface area contributed by atoms with Gasteiger partial charge in [-0.3, -0.25) is 9.59 Å². The van der Waals surface area contributed by atoms with E-state index >= 15 is 0 Å². The average molecular weight is 338 g/mol. The highest BCUT2D eigenvalue weighted by atomic mass is 16.5. The summed E-state index contributed by atoms with van der Waals surface area (Å²) in [7, 11) is 0. The van der Waals surface area contributed by atoms with Crippen LogP contribution in [0.3, 0.4) is 0 Å². The van der Waals surface area contributed by atoms with Crippen LogP contribution < -0.4 is 5.32 Å². The minimum absolute atomic E-state index is 0.0121. The van der Waals surface area contributed by atoms with Crippen LogP contribution in [-0.4, -0.2) is 47.6 Å². The van der Waals surface area contributed by atoms with Gasteiger partial charge in [0.1, 0.15) is 5.60 Å². The lowest BCUT2D eigenvalue weighted by atomic mass is 9.77. The molecule has 3 aliphatic heterocycles. The van der Waals surface area contributed by atoms with Gasteiger partial charge in [0.05, 0.1) is 24.5 Å². The molecule has 1 N–H and O–H groups in total. The van der Waals surface area contributed by atoms with Gasteiger partial charge in [-0.25, -0.2) is 0 Å². The molecule has 2 bridgehead atoms. The molecule has 5 heteroatoms. The van der Waals surface area contributed by atoms with E-state index in [1.165, 1.54) is 5.56 Å². The lowest BCUT2D eigenvalue weighted by Gasteiger charge is -2.23. The Bertz CT molecular complexity index is 743. The number of likely N-dealkylation sites (tertiary alicyclic amines) is 1. The molecule has 0 radical (unpaired) electrons. The Labute approximate surface area is 147 Å². The first-order valence-electron chi connectivity index (χ1n) is 9.17. The van der Waals surface area contributed by atoms with E-state index in [1.54, 1.807) is 0 Å². The maximum Gasteiger partial charge on any atom is 0.230 e. The Morgan fingerprint density at radius 3 is 2.84 bits per heavy atom. The van der Waals surface area contributed by atoms with Crippen LogP contribution in [0.4, 0.5) is 0 Å². The van der Waals surface area contributed by atoms with Gasteiger partial charge in [0.2, 0.25) is 11.8 Å². The quantitative estimate of drug-likeness (QED) is 0.823. The molecule has 0 aromatic heterocycles. The molecule has 2 saturated heterocycles. The summed E-state index contributed by atoms with van der Waals surface area (Å²) in [5.74, 6) is -0.683. The number of nitrogens with zero attached hydrogens (tertiary/aromatic N) is 1. The first-order chi connectivity index (χ1) is 12.2. The minimum atomic E-state index is -0.593. The molecule has 3 fully saturated rings. The molecule has 1 unspecified atom stereocenters. The second-order valence-corrected chi connectivity index (χ2v) is 7.68. The third-order valence-electron chi connectivity index (χ3n) is 5.92. The fraction of sp³-hybridized carbons (Fsp3) is 0.500. The van der Waals surface area contributed by atoms with Crippen LogP contribution in [0.5, 0.6) is 0 Å². The third-order valence-corrected chi connectivity index (χ3v) is 5.92. The van der Waals surface area contributed by atoms with Gasteiger partial charge in [0, 0.05) is 12.6 Å². The maximum atomic E-state index is 13.0. The normalized spacial score (nSPS) is 35.3. The molecule has 1 aromatic rings. The zero-order valence-electron chi connectivity index (χ0n) is 14.1. The summed E-state index contributed by atoms with van der Waals surface area (Å²) >= 11 is 0. The molecule has 4 atom stereocenters. The van der Waals surface area contributed by atoms with Gasteiger partial charge in [0.25, 0.3) is 0 Å². The van der Waals surface area contributed by atoms with Gasteiger partial charge in [-0.2, -0.15) is 0 Å². The van der Waals surface area contributed by atoms with Crippen molar-refractivity contribution in [3.05, 3.63) is 48.0 Å². The molecular formula is C20H22N2O3. The molecule has 5 rings (SSSR count). The fourth-order valence-electron chi connectivity index (χ4n) is 4.50. The molecule has 4 aliphatic rings. The Kier molecular flexibility index (Phi) is 3.29. The van der Waals surface area contributed by atoms with E-state index in [0.717, 1.165) is 19.3 Å². The molecule has 1 saturated carbocycles. The van der Waals surface area contributed by atoms with E-state index in [0.29, 0.717) is 19.1 Å². The minimum Gasteiger partial charge on any atom is -0.360 e. The fourth-order valence-corrected chi connectivity index (χ4v) is 4.50. The summed E-state index contributed by atoms with van der Waals surface area (Å²) in [5.41, 5.74) is 0.623. The molecule has 1 aromatic carbocycles. The number of hydrogen-bond donors (Lipinski definition) is 1. The molecule has 130 valence electrons. The van der Waals surface area contributed by atoms with Crippen molar-refractivity contribution in [3.8, 4) is 0 Å². The number of fused-ring (bicyclic) bond motifs is 1. The zero-order chi connectivity index (χ0) is 17.0. The number of amides is 2. The van der Waals surface area contributed by atoms with Crippen LogP contribution in [0.1, 0.15) is 18.4 Å². The Balaban J connectivity index is 1.33. The average Bonchev–Trinajstić information content (AvgIpc) is 3.16. The van der Waals surface area contributed by atoms with E-state index in [1.807, 2.05) is 35.3 Å². The number of hydrogen-bond acceptors (Lipinski definition) is 3. The van der Waals surface area contributed by atoms with E-state index in [-0.39, 0.29) is 29.8 Å². The number of ether oxygens (including phenoxy) is 1. The predicted octanol–water partition coefficient (Wildman–Crippen LogP) is 1.29. The SMILES string of the molecule is O=C(NC1CC1)C1[C@@H]2C=C[C@@]3(CN(CCc4ccccc4)C(=O)[C@@H]13)O2. The lowest BCUT2D eigenvalue weighted by Crippen LogP contribution is -2.44. The van der Waals surface area contributed by atoms with Gasteiger partial charge in [-0.15, -0.1) is 0 Å². The summed E-state index contributed by atoms with van der Waals surface area (Å²) < 4.78 is 6.14.